The number of hydrogen-bond donors (Lipinski definition) is 11. The van der Waals surface area contributed by atoms with Gasteiger partial charge in [0.25, 0.3) is 35.4 Å². The predicted octanol–water partition coefficient (Wildman–Crippen LogP) is 15.9. The summed E-state index contributed by atoms with van der Waals surface area (Å²) in [5.74, 6) is 1.37. The Kier molecular flexibility index (Phi) is 38.2. The molecule has 786 valence electrons. The first kappa shape index (κ1) is 109. The number of aryl methyl sites for hydroxylation is 3. The fraction of sp³-hybridized carbons (Fsp3) is 0.324. The number of fused-ring (bicyclic) bond motifs is 12. The number of pyridine rings is 3. The maximum Gasteiger partial charge on any atom is 0.278 e. The Morgan fingerprint density at radius 2 is 0.733 bits per heavy atom. The van der Waals surface area contributed by atoms with Gasteiger partial charge in [-0.25, -0.2) is 15.0 Å². The Morgan fingerprint density at radius 1 is 0.373 bits per heavy atom. The first-order chi connectivity index (χ1) is 73.1. The number of alkyl halides is 3. The van der Waals surface area contributed by atoms with Crippen LogP contribution in [-0.2, 0) is 42.6 Å². The van der Waals surface area contributed by atoms with Gasteiger partial charge in [0, 0.05) is 129 Å². The lowest BCUT2D eigenvalue weighted by Gasteiger charge is -2.18. The highest BCUT2D eigenvalue weighted by Gasteiger charge is 2.40. The highest BCUT2D eigenvalue weighted by molar-refractivity contribution is 6.22. The summed E-state index contributed by atoms with van der Waals surface area (Å²) in [6, 6.07) is 52.8. The van der Waals surface area contributed by atoms with E-state index in [1.54, 1.807) is 165 Å². The zero-order valence-corrected chi connectivity index (χ0v) is 85.1. The van der Waals surface area contributed by atoms with Crippen LogP contribution >= 0.6 is 34.8 Å². The van der Waals surface area contributed by atoms with Crippen LogP contribution in [0.25, 0.3) is 59.9 Å². The molecule has 36 nitrogen and oxygen atoms in total. The highest BCUT2D eigenvalue weighted by Crippen LogP contribution is 2.51. The second-order valence-electron chi connectivity index (χ2n) is 35.4. The molecular formula is C111H117Cl3N12O24. The molecule has 18 rings (SSSR count). The van der Waals surface area contributed by atoms with Gasteiger partial charge in [-0.2, -0.15) is 0 Å². The first-order valence-corrected chi connectivity index (χ1v) is 50.7. The van der Waals surface area contributed by atoms with Crippen molar-refractivity contribution in [3.05, 3.63) is 274 Å². The van der Waals surface area contributed by atoms with E-state index in [-0.39, 0.29) is 96.0 Å². The minimum absolute atomic E-state index is 0.00522. The number of ether oxygens (including phenoxy) is 12. The van der Waals surface area contributed by atoms with Gasteiger partial charge in [0.05, 0.1) is 185 Å². The predicted molar refractivity (Wildman–Crippen MR) is 572 cm³/mol. The number of aromatic hydroxyl groups is 3. The van der Waals surface area contributed by atoms with E-state index in [4.69, 9.17) is 107 Å². The number of benzene rings is 9. The number of amides is 6. The van der Waals surface area contributed by atoms with Crippen LogP contribution in [0, 0.1) is 20.8 Å². The Hall–Kier alpha value is -14.2. The Labute approximate surface area is 878 Å². The number of aromatic amines is 2. The molecule has 9 aromatic carbocycles. The maximum atomic E-state index is 13.9. The average Bonchev–Trinajstić information content (AvgIpc) is 1.59. The van der Waals surface area contributed by atoms with Crippen LogP contribution in [-0.4, -0.2) is 291 Å². The van der Waals surface area contributed by atoms with Gasteiger partial charge in [-0.1, -0.05) is 54.6 Å². The summed E-state index contributed by atoms with van der Waals surface area (Å²) in [7, 11) is 0. The molecule has 6 amide bonds. The third-order valence-electron chi connectivity index (χ3n) is 25.3. The molecule has 0 saturated carbocycles. The van der Waals surface area contributed by atoms with Crippen molar-refractivity contribution in [1.82, 2.24) is 29.3 Å². The SMILES string of the molecule is Cc1cccc2c(O)cc3c(c12)[C@H](CCl)CN3C(=O)c1cc2cc(NC(=O)c3ccc(OCCOCCOCCOCCO)cc3)cnc2[nH]1.Cc1cccc2c(O)cc3c(c12)[C@H](CCl)CN3C(=O)c1cc2cc(NC(=O)c3ccc(OCCOCCOCCOCCO)cc3)ncc2[nH]1.Cc1cccc2c(O)cc3c(c12)[C@H](CCl)CN3C(=O)c1cn2cc(NC(=O)c3ccc(OCCOCCOCCOCCO)cc3)ccc2n1. The summed E-state index contributed by atoms with van der Waals surface area (Å²) in [6.07, 6.45) is 6.43. The fourth-order valence-electron chi connectivity index (χ4n) is 18.2. The number of rotatable bonds is 48. The lowest BCUT2D eigenvalue weighted by Crippen LogP contribution is -2.30. The molecule has 0 saturated heterocycles. The standard InChI is InChI=1S/3C37H39ClN4O8/c1-24-3-2-4-29-32(44)19-31-35(34(24)29)26(20-38)21-42(31)37(46)30-23-41-22-27(7-10-33(41)40-30)39-36(45)25-5-8-28(9-6-25)50-18-17-49-16-15-48-14-13-47-12-11-43;1-23-3-2-4-29-32(44)19-31-34(33(23)29)26(20-38)22-42(31)37(46)30-18-25-17-27(21-39-35(25)41-30)40-36(45)24-5-7-28(8-6-24)50-16-15-49-14-13-48-12-11-47-10-9-43;1-23-3-2-4-28-32(44)19-31-35(34(23)28)26(20-38)22-42(31)37(46)29-17-25-18-33(39-21-30(25)40-29)41-36(45)24-5-7-27(8-6-24)50-16-15-49-14-13-48-12-11-47-10-9-43/h2-10,19,22-23,26,43-44H,11-18,20-21H2,1H3,(H,39,45);2-8,17-19,21,26,43-44H,9-16,20,22H2,1H3,(H,39,41)(H,40,45);2-8,17-19,21,26,40,43-44H,9-16,20,22H2,1H3,(H,39,41,45)/t3*26-/m111/s1. The number of aromatic nitrogens is 6. The van der Waals surface area contributed by atoms with Crippen molar-refractivity contribution < 1.29 is 116 Å². The van der Waals surface area contributed by atoms with Crippen molar-refractivity contribution >= 4 is 164 Å². The van der Waals surface area contributed by atoms with Gasteiger partial charge < -0.3 is 133 Å². The summed E-state index contributed by atoms with van der Waals surface area (Å²) in [5.41, 5.74) is 12.7. The zero-order valence-electron chi connectivity index (χ0n) is 82.9. The normalized spacial score (nSPS) is 14.0. The van der Waals surface area contributed by atoms with E-state index in [1.165, 1.54) is 6.20 Å². The van der Waals surface area contributed by atoms with Gasteiger partial charge in [0.15, 0.2) is 0 Å². The van der Waals surface area contributed by atoms with Crippen LogP contribution in [0.15, 0.2) is 207 Å². The molecule has 15 aromatic rings. The Bertz CT molecular complexity index is 6570. The van der Waals surface area contributed by atoms with Gasteiger partial charge in [0.1, 0.15) is 88.5 Å². The molecular weight excluding hydrogens is 1990 g/mol. The van der Waals surface area contributed by atoms with Gasteiger partial charge in [-0.05, 0) is 180 Å². The number of carbonyl (C=O) groups is 6. The molecule has 150 heavy (non-hydrogen) atoms. The molecule has 3 atom stereocenters. The number of phenols is 3. The van der Waals surface area contributed by atoms with E-state index < -0.39 is 0 Å². The van der Waals surface area contributed by atoms with E-state index in [9.17, 15) is 44.1 Å². The van der Waals surface area contributed by atoms with E-state index in [0.717, 1.165) is 65.7 Å². The van der Waals surface area contributed by atoms with E-state index in [2.05, 4.69) is 40.9 Å². The number of aliphatic hydroxyl groups excluding tert-OH is 3. The van der Waals surface area contributed by atoms with Gasteiger partial charge in [-0.3, -0.25) is 28.8 Å². The minimum atomic E-state index is -0.344. The van der Waals surface area contributed by atoms with Crippen molar-refractivity contribution in [2.75, 3.05) is 226 Å². The van der Waals surface area contributed by atoms with Crippen molar-refractivity contribution in [3.63, 3.8) is 0 Å². The van der Waals surface area contributed by atoms with E-state index in [1.807, 2.05) is 75.4 Å². The summed E-state index contributed by atoms with van der Waals surface area (Å²) < 4.78 is 66.7. The van der Waals surface area contributed by atoms with Crippen molar-refractivity contribution in [2.24, 2.45) is 0 Å². The third kappa shape index (κ3) is 26.6. The van der Waals surface area contributed by atoms with Crippen LogP contribution < -0.4 is 44.9 Å². The highest BCUT2D eigenvalue weighted by atomic mass is 35.5. The number of imidazole rings is 1. The molecule has 0 fully saturated rings. The number of anilines is 6. The van der Waals surface area contributed by atoms with Crippen LogP contribution in [0.1, 0.15) is 114 Å². The number of hydrogen-bond acceptors (Lipinski definition) is 27. The number of nitrogens with one attached hydrogen (secondary N) is 5. The van der Waals surface area contributed by atoms with Gasteiger partial charge in [0.2, 0.25) is 0 Å². The lowest BCUT2D eigenvalue weighted by atomic mass is 9.92. The average molecular weight is 2110 g/mol. The fourth-order valence-corrected chi connectivity index (χ4v) is 19.0. The lowest BCUT2D eigenvalue weighted by molar-refractivity contribution is 0.00361. The van der Waals surface area contributed by atoms with E-state index >= 15 is 0 Å². The summed E-state index contributed by atoms with van der Waals surface area (Å²) >= 11 is 19.2. The second-order valence-corrected chi connectivity index (χ2v) is 36.4. The minimum Gasteiger partial charge on any atom is -0.507 e. The Balaban J connectivity index is 0.000000160. The van der Waals surface area contributed by atoms with Crippen LogP contribution in [0.2, 0.25) is 0 Å². The van der Waals surface area contributed by atoms with Crippen LogP contribution in [0.5, 0.6) is 34.5 Å². The second kappa shape index (κ2) is 52.8. The zero-order chi connectivity index (χ0) is 105. The van der Waals surface area contributed by atoms with Gasteiger partial charge >= 0.3 is 0 Å². The largest absolute Gasteiger partial charge is 0.507 e. The quantitative estimate of drug-likeness (QED) is 0.0125. The molecule has 3 aliphatic rings. The maximum absolute atomic E-state index is 13.9. The first-order valence-electron chi connectivity index (χ1n) is 49.1. The molecule has 39 heteroatoms. The topological polar surface area (TPSA) is 455 Å². The monoisotopic (exact) mass is 2110 g/mol. The van der Waals surface area contributed by atoms with Crippen LogP contribution in [0.3, 0.4) is 0 Å². The Morgan fingerprint density at radius 3 is 1.13 bits per heavy atom. The number of nitrogens with zero attached hydrogens (tertiary/aromatic N) is 7. The number of H-pyrrole nitrogens is 2. The molecule has 3 aliphatic heterocycles. The number of carbonyl (C=O) groups excluding carboxylic acids is 6. The third-order valence-corrected chi connectivity index (χ3v) is 26.5. The summed E-state index contributed by atoms with van der Waals surface area (Å²) in [6.45, 7) is 15.3. The van der Waals surface area contributed by atoms with Gasteiger partial charge in [-0.15, -0.1) is 34.8 Å². The molecule has 9 heterocycles. The number of aliphatic hydroxyl groups is 3. The number of halogens is 3. The molecule has 0 aliphatic carbocycles. The number of phenolic OH excluding ortho intramolecular Hbond substituents is 3. The molecule has 0 radical (unpaired) electrons. The van der Waals surface area contributed by atoms with Crippen LogP contribution in [0.4, 0.5) is 34.3 Å². The molecule has 0 bridgehead atoms. The van der Waals surface area contributed by atoms with Crippen molar-refractivity contribution in [2.45, 2.75) is 38.5 Å². The smallest absolute Gasteiger partial charge is 0.278 e. The molecule has 0 unspecified atom stereocenters. The van der Waals surface area contributed by atoms with Crippen molar-refractivity contribution in [3.8, 4) is 34.5 Å². The molecule has 11 N–H and O–H groups in total. The van der Waals surface area contributed by atoms with Crippen molar-refractivity contribution in [1.29, 1.82) is 0 Å². The summed E-state index contributed by atoms with van der Waals surface area (Å²) in [4.78, 5) is 105. The summed E-state index contributed by atoms with van der Waals surface area (Å²) in [5, 5.41) is 73.4. The molecule has 6 aromatic heterocycles. The molecule has 0 spiro atoms. The van der Waals surface area contributed by atoms with E-state index in [0.29, 0.717) is 283 Å².